The highest BCUT2D eigenvalue weighted by Crippen LogP contribution is 2.18. The zero-order valence-corrected chi connectivity index (χ0v) is 11.6. The number of hydrogen-bond acceptors (Lipinski definition) is 3. The molecule has 1 aromatic carbocycles. The van der Waals surface area contributed by atoms with E-state index >= 15 is 0 Å². The molecule has 0 aliphatic carbocycles. The molecule has 4 heteroatoms. The lowest BCUT2D eigenvalue weighted by Crippen LogP contribution is -2.38. The molecule has 1 aliphatic heterocycles. The van der Waals surface area contributed by atoms with Crippen LogP contribution in [0.25, 0.3) is 0 Å². The summed E-state index contributed by atoms with van der Waals surface area (Å²) in [5.74, 6) is 0. The summed E-state index contributed by atoms with van der Waals surface area (Å²) in [7, 11) is 0. The number of imidazole rings is 1. The number of ether oxygens (including phenoxy) is 1. The highest BCUT2D eigenvalue weighted by atomic mass is 16.5. The summed E-state index contributed by atoms with van der Waals surface area (Å²) in [6.45, 7) is 2.63. The summed E-state index contributed by atoms with van der Waals surface area (Å²) < 4.78 is 7.57. The monoisotopic (exact) mass is 271 g/mol. The van der Waals surface area contributed by atoms with Gasteiger partial charge in [0.15, 0.2) is 0 Å². The van der Waals surface area contributed by atoms with Crippen LogP contribution >= 0.6 is 0 Å². The van der Waals surface area contributed by atoms with E-state index in [1.165, 1.54) is 5.56 Å². The number of hydrogen-bond donors (Lipinski definition) is 1. The van der Waals surface area contributed by atoms with Crippen LogP contribution in [0.4, 0.5) is 0 Å². The van der Waals surface area contributed by atoms with Crippen LogP contribution in [0.15, 0.2) is 49.1 Å². The van der Waals surface area contributed by atoms with Gasteiger partial charge in [-0.1, -0.05) is 30.3 Å². The van der Waals surface area contributed by atoms with Gasteiger partial charge in [-0.25, -0.2) is 4.98 Å². The number of nitrogens with one attached hydrogen (secondary N) is 1. The normalized spacial score (nSPS) is 18.0. The minimum Gasteiger partial charge on any atom is -0.381 e. The average Bonchev–Trinajstić information content (AvgIpc) is 3.02. The average molecular weight is 271 g/mol. The van der Waals surface area contributed by atoms with Crippen LogP contribution in [0.1, 0.15) is 24.4 Å². The smallest absolute Gasteiger partial charge is 0.0946 e. The SMILES string of the molecule is c1ccc([C@@H](Cn2ccnc2)NC2CCOCC2)cc1. The molecule has 2 aromatic rings. The Labute approximate surface area is 119 Å². The molecule has 1 aromatic heterocycles. The molecule has 0 saturated carbocycles. The second-order valence-corrected chi connectivity index (χ2v) is 5.28. The Morgan fingerprint density at radius 3 is 2.75 bits per heavy atom. The molecule has 20 heavy (non-hydrogen) atoms. The van der Waals surface area contributed by atoms with Gasteiger partial charge in [-0.05, 0) is 18.4 Å². The van der Waals surface area contributed by atoms with E-state index in [9.17, 15) is 0 Å². The van der Waals surface area contributed by atoms with Gasteiger partial charge in [0.2, 0.25) is 0 Å². The molecular formula is C16H21N3O. The van der Waals surface area contributed by atoms with Gasteiger partial charge in [-0.3, -0.25) is 0 Å². The van der Waals surface area contributed by atoms with Crippen molar-refractivity contribution in [3.63, 3.8) is 0 Å². The first-order valence-corrected chi connectivity index (χ1v) is 7.26. The second-order valence-electron chi connectivity index (χ2n) is 5.28. The van der Waals surface area contributed by atoms with E-state index in [4.69, 9.17) is 4.74 Å². The standard InChI is InChI=1S/C16H21N3O/c1-2-4-14(5-3-1)16(12-19-9-8-17-13-19)18-15-6-10-20-11-7-15/h1-5,8-9,13,15-16,18H,6-7,10-12H2/t16-/m1/s1. The molecule has 106 valence electrons. The van der Waals surface area contributed by atoms with Gasteiger partial charge < -0.3 is 14.6 Å². The lowest BCUT2D eigenvalue weighted by atomic mass is 10.0. The van der Waals surface area contributed by atoms with Crippen molar-refractivity contribution in [2.45, 2.75) is 31.5 Å². The Balaban J connectivity index is 1.72. The maximum Gasteiger partial charge on any atom is 0.0946 e. The molecule has 0 bridgehead atoms. The lowest BCUT2D eigenvalue weighted by Gasteiger charge is -2.29. The second kappa shape index (κ2) is 6.68. The zero-order chi connectivity index (χ0) is 13.6. The lowest BCUT2D eigenvalue weighted by molar-refractivity contribution is 0.0741. The predicted octanol–water partition coefficient (Wildman–Crippen LogP) is 2.39. The van der Waals surface area contributed by atoms with Crippen molar-refractivity contribution >= 4 is 0 Å². The van der Waals surface area contributed by atoms with Gasteiger partial charge >= 0.3 is 0 Å². The van der Waals surface area contributed by atoms with E-state index in [0.717, 1.165) is 32.6 Å². The Kier molecular flexibility index (Phi) is 4.46. The molecule has 1 atom stereocenters. The van der Waals surface area contributed by atoms with Gasteiger partial charge in [0.25, 0.3) is 0 Å². The molecule has 2 heterocycles. The fraction of sp³-hybridized carbons (Fsp3) is 0.438. The van der Waals surface area contributed by atoms with E-state index in [0.29, 0.717) is 12.1 Å². The molecule has 0 radical (unpaired) electrons. The van der Waals surface area contributed by atoms with Crippen molar-refractivity contribution in [3.8, 4) is 0 Å². The minimum atomic E-state index is 0.313. The number of nitrogens with zero attached hydrogens (tertiary/aromatic N) is 2. The third kappa shape index (κ3) is 3.46. The molecule has 1 fully saturated rings. The van der Waals surface area contributed by atoms with Gasteiger partial charge in [0.05, 0.1) is 12.4 Å². The highest BCUT2D eigenvalue weighted by molar-refractivity contribution is 5.19. The summed E-state index contributed by atoms with van der Waals surface area (Å²) in [6.07, 6.45) is 7.90. The first-order valence-electron chi connectivity index (χ1n) is 7.26. The van der Waals surface area contributed by atoms with E-state index < -0.39 is 0 Å². The topological polar surface area (TPSA) is 39.1 Å². The summed E-state index contributed by atoms with van der Waals surface area (Å²) in [5.41, 5.74) is 1.33. The molecule has 4 nitrogen and oxygen atoms in total. The molecule has 1 N–H and O–H groups in total. The van der Waals surface area contributed by atoms with Gasteiger partial charge in [-0.2, -0.15) is 0 Å². The van der Waals surface area contributed by atoms with Crippen LogP contribution in [-0.2, 0) is 11.3 Å². The molecule has 3 rings (SSSR count). The van der Waals surface area contributed by atoms with Crippen molar-refractivity contribution in [3.05, 3.63) is 54.6 Å². The molecule has 1 saturated heterocycles. The van der Waals surface area contributed by atoms with Gasteiger partial charge in [0.1, 0.15) is 0 Å². The quantitative estimate of drug-likeness (QED) is 0.907. The predicted molar refractivity (Wildman–Crippen MR) is 78.4 cm³/mol. The summed E-state index contributed by atoms with van der Waals surface area (Å²) in [5, 5.41) is 3.78. The van der Waals surface area contributed by atoms with Gasteiger partial charge in [0, 0.05) is 38.2 Å². The van der Waals surface area contributed by atoms with Crippen molar-refractivity contribution in [2.24, 2.45) is 0 Å². The number of aromatic nitrogens is 2. The summed E-state index contributed by atoms with van der Waals surface area (Å²) in [6, 6.07) is 11.5. The van der Waals surface area contributed by atoms with E-state index in [2.05, 4.69) is 45.2 Å². The molecule has 0 amide bonds. The third-order valence-corrected chi connectivity index (χ3v) is 3.81. The Morgan fingerprint density at radius 1 is 1.25 bits per heavy atom. The fourth-order valence-corrected chi connectivity index (χ4v) is 2.69. The van der Waals surface area contributed by atoms with E-state index in [1.807, 2.05) is 18.7 Å². The Bertz CT molecular complexity index is 492. The highest BCUT2D eigenvalue weighted by Gasteiger charge is 2.19. The fourth-order valence-electron chi connectivity index (χ4n) is 2.69. The largest absolute Gasteiger partial charge is 0.381 e. The van der Waals surface area contributed by atoms with E-state index in [-0.39, 0.29) is 0 Å². The van der Waals surface area contributed by atoms with Crippen LogP contribution in [0, 0.1) is 0 Å². The number of benzene rings is 1. The first kappa shape index (κ1) is 13.3. The molecule has 0 spiro atoms. The Morgan fingerprint density at radius 2 is 2.05 bits per heavy atom. The van der Waals surface area contributed by atoms with E-state index in [1.54, 1.807) is 0 Å². The summed E-state index contributed by atoms with van der Waals surface area (Å²) >= 11 is 0. The number of rotatable bonds is 5. The van der Waals surface area contributed by atoms with Crippen molar-refractivity contribution in [1.29, 1.82) is 0 Å². The van der Waals surface area contributed by atoms with Crippen LogP contribution in [0.2, 0.25) is 0 Å². The van der Waals surface area contributed by atoms with Crippen LogP contribution in [-0.4, -0.2) is 28.8 Å². The van der Waals surface area contributed by atoms with Crippen molar-refractivity contribution < 1.29 is 4.74 Å². The Hall–Kier alpha value is -1.65. The first-order chi connectivity index (χ1) is 9.92. The maximum atomic E-state index is 5.44. The maximum absolute atomic E-state index is 5.44. The van der Waals surface area contributed by atoms with Crippen LogP contribution < -0.4 is 5.32 Å². The summed E-state index contributed by atoms with van der Waals surface area (Å²) in [4.78, 5) is 4.13. The molecule has 1 aliphatic rings. The minimum absolute atomic E-state index is 0.313. The third-order valence-electron chi connectivity index (χ3n) is 3.81. The van der Waals surface area contributed by atoms with Crippen molar-refractivity contribution in [2.75, 3.05) is 13.2 Å². The van der Waals surface area contributed by atoms with Crippen molar-refractivity contribution in [1.82, 2.24) is 14.9 Å². The molecule has 0 unspecified atom stereocenters. The van der Waals surface area contributed by atoms with Crippen LogP contribution in [0.3, 0.4) is 0 Å². The van der Waals surface area contributed by atoms with Gasteiger partial charge in [-0.15, -0.1) is 0 Å². The van der Waals surface area contributed by atoms with Crippen LogP contribution in [0.5, 0.6) is 0 Å². The molecular weight excluding hydrogens is 250 g/mol. The zero-order valence-electron chi connectivity index (χ0n) is 11.6.